The predicted octanol–water partition coefficient (Wildman–Crippen LogP) is 4.33. The summed E-state index contributed by atoms with van der Waals surface area (Å²) in [6.07, 6.45) is -2.81. The fourth-order valence-corrected chi connectivity index (χ4v) is 2.20. The SMILES string of the molecule is OC(CCC(F)(F)F)c1ccc(C2CCC2)cc1. The highest BCUT2D eigenvalue weighted by molar-refractivity contribution is 5.27. The van der Waals surface area contributed by atoms with Crippen molar-refractivity contribution in [2.75, 3.05) is 0 Å². The molecule has 1 nitrogen and oxygen atoms in total. The highest BCUT2D eigenvalue weighted by atomic mass is 19.4. The van der Waals surface area contributed by atoms with Crippen molar-refractivity contribution in [3.05, 3.63) is 35.4 Å². The van der Waals surface area contributed by atoms with Gasteiger partial charge in [-0.3, -0.25) is 0 Å². The van der Waals surface area contributed by atoms with E-state index in [-0.39, 0.29) is 6.42 Å². The third-order valence-electron chi connectivity index (χ3n) is 3.60. The van der Waals surface area contributed by atoms with Crippen LogP contribution in [0.1, 0.15) is 55.3 Å². The third kappa shape index (κ3) is 3.48. The van der Waals surface area contributed by atoms with Crippen LogP contribution in [-0.2, 0) is 0 Å². The molecule has 18 heavy (non-hydrogen) atoms. The van der Waals surface area contributed by atoms with Gasteiger partial charge < -0.3 is 5.11 Å². The molecule has 1 fully saturated rings. The molecule has 2 rings (SSSR count). The standard InChI is InChI=1S/C14H17F3O/c15-14(16,17)9-8-13(18)12-6-4-11(5-7-12)10-2-1-3-10/h4-7,10,13,18H,1-3,8-9H2. The Morgan fingerprint density at radius 1 is 1.17 bits per heavy atom. The molecule has 0 radical (unpaired) electrons. The number of benzene rings is 1. The Kier molecular flexibility index (Phi) is 3.95. The van der Waals surface area contributed by atoms with Crippen molar-refractivity contribution in [2.45, 2.75) is 50.3 Å². The van der Waals surface area contributed by atoms with Gasteiger partial charge in [-0.15, -0.1) is 0 Å². The van der Waals surface area contributed by atoms with E-state index in [1.807, 2.05) is 12.1 Å². The van der Waals surface area contributed by atoms with Gasteiger partial charge in [0.15, 0.2) is 0 Å². The maximum absolute atomic E-state index is 12.0. The number of alkyl halides is 3. The summed E-state index contributed by atoms with van der Waals surface area (Å²) >= 11 is 0. The highest BCUT2D eigenvalue weighted by Crippen LogP contribution is 2.36. The molecule has 0 saturated heterocycles. The molecular formula is C14H17F3O. The first-order valence-corrected chi connectivity index (χ1v) is 6.30. The number of halogens is 3. The van der Waals surface area contributed by atoms with E-state index in [1.54, 1.807) is 12.1 Å². The Hall–Kier alpha value is -1.03. The minimum atomic E-state index is -4.20. The minimum Gasteiger partial charge on any atom is -0.388 e. The second-order valence-electron chi connectivity index (χ2n) is 4.96. The second kappa shape index (κ2) is 5.31. The van der Waals surface area contributed by atoms with Crippen LogP contribution in [-0.4, -0.2) is 11.3 Å². The number of hydrogen-bond acceptors (Lipinski definition) is 1. The van der Waals surface area contributed by atoms with E-state index in [9.17, 15) is 18.3 Å². The van der Waals surface area contributed by atoms with Gasteiger partial charge in [-0.1, -0.05) is 30.7 Å². The van der Waals surface area contributed by atoms with Crippen molar-refractivity contribution in [2.24, 2.45) is 0 Å². The molecule has 0 heterocycles. The number of aliphatic hydroxyl groups excluding tert-OH is 1. The first-order valence-electron chi connectivity index (χ1n) is 6.30. The Morgan fingerprint density at radius 3 is 2.22 bits per heavy atom. The lowest BCUT2D eigenvalue weighted by Gasteiger charge is -2.26. The summed E-state index contributed by atoms with van der Waals surface area (Å²) in [7, 11) is 0. The van der Waals surface area contributed by atoms with Crippen LogP contribution in [0.25, 0.3) is 0 Å². The zero-order valence-corrected chi connectivity index (χ0v) is 10.1. The topological polar surface area (TPSA) is 20.2 Å². The number of hydrogen-bond donors (Lipinski definition) is 1. The zero-order valence-electron chi connectivity index (χ0n) is 10.1. The summed E-state index contributed by atoms with van der Waals surface area (Å²) in [4.78, 5) is 0. The van der Waals surface area contributed by atoms with E-state index in [4.69, 9.17) is 0 Å². The Labute approximate surface area is 105 Å². The van der Waals surface area contributed by atoms with Gasteiger partial charge in [-0.2, -0.15) is 13.2 Å². The molecule has 0 aromatic heterocycles. The normalized spacial score (nSPS) is 18.4. The summed E-state index contributed by atoms with van der Waals surface area (Å²) in [5, 5.41) is 9.68. The Balaban J connectivity index is 1.91. The molecule has 0 aliphatic heterocycles. The van der Waals surface area contributed by atoms with Gasteiger partial charge in [-0.25, -0.2) is 0 Å². The van der Waals surface area contributed by atoms with Crippen molar-refractivity contribution in [3.63, 3.8) is 0 Å². The molecule has 1 atom stereocenters. The molecule has 1 aromatic rings. The fraction of sp³-hybridized carbons (Fsp3) is 0.571. The van der Waals surface area contributed by atoms with E-state index in [0.717, 1.165) is 0 Å². The predicted molar refractivity (Wildman–Crippen MR) is 63.3 cm³/mol. The van der Waals surface area contributed by atoms with Gasteiger partial charge in [0.1, 0.15) is 0 Å². The van der Waals surface area contributed by atoms with Crippen LogP contribution in [0.4, 0.5) is 13.2 Å². The molecule has 1 aliphatic rings. The molecule has 100 valence electrons. The fourth-order valence-electron chi connectivity index (χ4n) is 2.20. The Bertz CT molecular complexity index is 379. The lowest BCUT2D eigenvalue weighted by Crippen LogP contribution is -2.11. The minimum absolute atomic E-state index is 0.272. The maximum atomic E-state index is 12.0. The van der Waals surface area contributed by atoms with Crippen molar-refractivity contribution in [3.8, 4) is 0 Å². The largest absolute Gasteiger partial charge is 0.389 e. The van der Waals surface area contributed by atoms with E-state index in [2.05, 4.69) is 0 Å². The van der Waals surface area contributed by atoms with E-state index in [1.165, 1.54) is 24.8 Å². The van der Waals surface area contributed by atoms with Crippen LogP contribution >= 0.6 is 0 Å². The van der Waals surface area contributed by atoms with Crippen molar-refractivity contribution in [1.29, 1.82) is 0 Å². The van der Waals surface area contributed by atoms with Gasteiger partial charge in [0.2, 0.25) is 0 Å². The van der Waals surface area contributed by atoms with E-state index in [0.29, 0.717) is 11.5 Å². The lowest BCUT2D eigenvalue weighted by atomic mass is 9.80. The number of rotatable bonds is 4. The summed E-state index contributed by atoms with van der Waals surface area (Å²) in [6, 6.07) is 7.34. The summed E-state index contributed by atoms with van der Waals surface area (Å²) in [5.41, 5.74) is 1.80. The lowest BCUT2D eigenvalue weighted by molar-refractivity contribution is -0.140. The van der Waals surface area contributed by atoms with E-state index < -0.39 is 18.7 Å². The van der Waals surface area contributed by atoms with Crippen molar-refractivity contribution < 1.29 is 18.3 Å². The van der Waals surface area contributed by atoms with Crippen LogP contribution in [0.5, 0.6) is 0 Å². The van der Waals surface area contributed by atoms with Crippen LogP contribution in [0.15, 0.2) is 24.3 Å². The molecule has 4 heteroatoms. The quantitative estimate of drug-likeness (QED) is 0.852. The first-order chi connectivity index (χ1) is 8.46. The monoisotopic (exact) mass is 258 g/mol. The highest BCUT2D eigenvalue weighted by Gasteiger charge is 2.28. The Morgan fingerprint density at radius 2 is 1.78 bits per heavy atom. The number of aliphatic hydroxyl groups is 1. The summed E-state index contributed by atoms with van der Waals surface area (Å²) < 4.78 is 36.1. The smallest absolute Gasteiger partial charge is 0.388 e. The van der Waals surface area contributed by atoms with Gasteiger partial charge in [0.25, 0.3) is 0 Å². The van der Waals surface area contributed by atoms with E-state index >= 15 is 0 Å². The van der Waals surface area contributed by atoms with Crippen LogP contribution in [0.3, 0.4) is 0 Å². The zero-order chi connectivity index (χ0) is 13.2. The van der Waals surface area contributed by atoms with Gasteiger partial charge in [0, 0.05) is 6.42 Å². The first kappa shape index (κ1) is 13.4. The summed E-state index contributed by atoms with van der Waals surface area (Å²) in [5.74, 6) is 0.603. The van der Waals surface area contributed by atoms with Crippen LogP contribution in [0, 0.1) is 0 Å². The van der Waals surface area contributed by atoms with Crippen molar-refractivity contribution in [1.82, 2.24) is 0 Å². The molecule has 1 unspecified atom stereocenters. The van der Waals surface area contributed by atoms with Gasteiger partial charge in [0.05, 0.1) is 6.10 Å². The molecule has 1 N–H and O–H groups in total. The average molecular weight is 258 g/mol. The molecule has 0 amide bonds. The molecule has 0 spiro atoms. The molecule has 1 aromatic carbocycles. The molecule has 1 saturated carbocycles. The van der Waals surface area contributed by atoms with Crippen LogP contribution in [0.2, 0.25) is 0 Å². The third-order valence-corrected chi connectivity index (χ3v) is 3.60. The van der Waals surface area contributed by atoms with Crippen molar-refractivity contribution >= 4 is 0 Å². The van der Waals surface area contributed by atoms with Crippen LogP contribution < -0.4 is 0 Å². The molecule has 0 bridgehead atoms. The second-order valence-corrected chi connectivity index (χ2v) is 4.96. The molecule has 1 aliphatic carbocycles. The average Bonchev–Trinajstić information content (AvgIpc) is 2.23. The summed E-state index contributed by atoms with van der Waals surface area (Å²) in [6.45, 7) is 0. The van der Waals surface area contributed by atoms with Gasteiger partial charge in [-0.05, 0) is 36.3 Å². The van der Waals surface area contributed by atoms with Gasteiger partial charge >= 0.3 is 6.18 Å². The molecular weight excluding hydrogens is 241 g/mol. The maximum Gasteiger partial charge on any atom is 0.389 e.